The zero-order chi connectivity index (χ0) is 31.6. The van der Waals surface area contributed by atoms with Gasteiger partial charge in [0.2, 0.25) is 0 Å². The van der Waals surface area contributed by atoms with E-state index in [-0.39, 0.29) is 5.41 Å². The molecular formula is C45H38N2. The number of hydrogen-bond acceptors (Lipinski definition) is 2. The molecule has 0 radical (unpaired) electrons. The molecule has 0 aromatic heterocycles. The van der Waals surface area contributed by atoms with Crippen molar-refractivity contribution in [1.82, 2.24) is 0 Å². The Balaban J connectivity index is 1.15. The number of hydrogen-bond donors (Lipinski definition) is 0. The standard InChI is InChI=1S/C45H38N2/c1-45(36-16-4-2-5-17-36,37-18-6-3-7-19-37)42-24-12-10-20-38(42)35-28-26-34(27-29-35)33-15-14-32-47-43-25-13-11-22-40(43)39-21-8-9-23-41(39)44(47)46-31-30-33/h2-9,11-19,21-30H,10,20,31-32H2,1H3/b15-14-,33-30+,46-44-. The van der Waals surface area contributed by atoms with Crippen LogP contribution in [0.5, 0.6) is 0 Å². The van der Waals surface area contributed by atoms with Gasteiger partial charge in [-0.2, -0.15) is 0 Å². The van der Waals surface area contributed by atoms with Crippen LogP contribution in [-0.2, 0) is 5.41 Å². The Hall–Kier alpha value is -5.47. The van der Waals surface area contributed by atoms with Gasteiger partial charge in [-0.05, 0) is 70.4 Å². The Labute approximate surface area is 278 Å². The van der Waals surface area contributed by atoms with Gasteiger partial charge in [0.1, 0.15) is 5.84 Å². The van der Waals surface area contributed by atoms with E-state index in [1.807, 2.05) is 0 Å². The van der Waals surface area contributed by atoms with Crippen molar-refractivity contribution in [3.8, 4) is 11.1 Å². The summed E-state index contributed by atoms with van der Waals surface area (Å²) in [6, 6.07) is 48.5. The Bertz CT molecular complexity index is 2040. The molecule has 0 unspecified atom stereocenters. The fourth-order valence-electron chi connectivity index (χ4n) is 7.58. The van der Waals surface area contributed by atoms with Gasteiger partial charge in [-0.1, -0.05) is 158 Å². The molecule has 47 heavy (non-hydrogen) atoms. The molecule has 0 N–H and O–H groups in total. The summed E-state index contributed by atoms with van der Waals surface area (Å²) in [6.07, 6.45) is 13.6. The predicted molar refractivity (Wildman–Crippen MR) is 199 cm³/mol. The maximum Gasteiger partial charge on any atom is 0.136 e. The number of fused-ring (bicyclic) bond motifs is 6. The summed E-state index contributed by atoms with van der Waals surface area (Å²) in [7, 11) is 0. The van der Waals surface area contributed by atoms with Crippen LogP contribution in [0.1, 0.15) is 47.6 Å². The normalized spacial score (nSPS) is 18.7. The first-order valence-corrected chi connectivity index (χ1v) is 16.7. The summed E-state index contributed by atoms with van der Waals surface area (Å²) in [4.78, 5) is 7.53. The molecule has 0 saturated carbocycles. The van der Waals surface area contributed by atoms with Gasteiger partial charge in [-0.25, -0.2) is 0 Å². The summed E-state index contributed by atoms with van der Waals surface area (Å²) in [5.74, 6) is 1.04. The third-order valence-electron chi connectivity index (χ3n) is 10.0. The van der Waals surface area contributed by atoms with Gasteiger partial charge in [0.25, 0.3) is 0 Å². The van der Waals surface area contributed by atoms with Crippen LogP contribution in [0.25, 0.3) is 22.3 Å². The molecule has 0 spiro atoms. The third kappa shape index (κ3) is 5.20. The highest BCUT2D eigenvalue weighted by molar-refractivity contribution is 6.19. The minimum atomic E-state index is -0.265. The lowest BCUT2D eigenvalue weighted by Gasteiger charge is -2.36. The molecule has 2 heteroatoms. The smallest absolute Gasteiger partial charge is 0.136 e. The van der Waals surface area contributed by atoms with Gasteiger partial charge in [0.05, 0.1) is 12.2 Å². The van der Waals surface area contributed by atoms with Crippen molar-refractivity contribution in [3.63, 3.8) is 0 Å². The fraction of sp³-hybridized carbons (Fsp3) is 0.133. The summed E-state index contributed by atoms with van der Waals surface area (Å²) < 4.78 is 0. The lowest BCUT2D eigenvalue weighted by Crippen LogP contribution is -2.35. The number of aliphatic imine (C=N–C) groups is 1. The van der Waals surface area contributed by atoms with E-state index in [9.17, 15) is 0 Å². The SMILES string of the molecule is CC(C1=C(c2ccc(C3=C/C/N=C4/c5ccccc5-c5ccccc5N4C/C=C\3)cc2)CCC=C1)(c1ccccc1)c1ccccc1. The number of benzene rings is 5. The summed E-state index contributed by atoms with van der Waals surface area (Å²) in [5, 5.41) is 0. The number of nitrogens with zero attached hydrogens (tertiary/aromatic N) is 2. The van der Waals surface area contributed by atoms with Gasteiger partial charge in [0, 0.05) is 23.1 Å². The molecule has 0 amide bonds. The van der Waals surface area contributed by atoms with Gasteiger partial charge in [-0.3, -0.25) is 4.99 Å². The van der Waals surface area contributed by atoms with Crippen LogP contribution < -0.4 is 4.90 Å². The van der Waals surface area contributed by atoms with Crippen molar-refractivity contribution in [1.29, 1.82) is 0 Å². The number of anilines is 1. The average molecular weight is 607 g/mol. The molecular weight excluding hydrogens is 569 g/mol. The van der Waals surface area contributed by atoms with Crippen molar-refractivity contribution in [3.05, 3.63) is 197 Å². The van der Waals surface area contributed by atoms with Crippen LogP contribution in [0, 0.1) is 0 Å². The monoisotopic (exact) mass is 606 g/mol. The van der Waals surface area contributed by atoms with E-state index in [4.69, 9.17) is 4.99 Å². The maximum absolute atomic E-state index is 5.18. The average Bonchev–Trinajstić information content (AvgIpc) is 3.26. The Kier molecular flexibility index (Phi) is 7.63. The van der Waals surface area contributed by atoms with Crippen molar-refractivity contribution >= 4 is 22.7 Å². The van der Waals surface area contributed by atoms with E-state index >= 15 is 0 Å². The van der Waals surface area contributed by atoms with Crippen LogP contribution in [0.3, 0.4) is 0 Å². The molecule has 5 aromatic rings. The number of allylic oxidation sites excluding steroid dienone is 6. The largest absolute Gasteiger partial charge is 0.322 e. The van der Waals surface area contributed by atoms with E-state index < -0.39 is 0 Å². The van der Waals surface area contributed by atoms with Crippen LogP contribution >= 0.6 is 0 Å². The lowest BCUT2D eigenvalue weighted by atomic mass is 9.67. The second-order valence-electron chi connectivity index (χ2n) is 12.7. The van der Waals surface area contributed by atoms with Gasteiger partial charge < -0.3 is 4.90 Å². The summed E-state index contributed by atoms with van der Waals surface area (Å²) in [6.45, 7) is 3.77. The highest BCUT2D eigenvalue weighted by atomic mass is 15.2. The number of amidine groups is 1. The number of para-hydroxylation sites is 1. The highest BCUT2D eigenvalue weighted by Gasteiger charge is 2.35. The molecule has 2 nitrogen and oxygen atoms in total. The van der Waals surface area contributed by atoms with Crippen molar-refractivity contribution in [2.24, 2.45) is 4.99 Å². The van der Waals surface area contributed by atoms with Crippen LogP contribution in [0.15, 0.2) is 174 Å². The van der Waals surface area contributed by atoms with Gasteiger partial charge >= 0.3 is 0 Å². The van der Waals surface area contributed by atoms with E-state index in [0.29, 0.717) is 6.54 Å². The molecule has 2 heterocycles. The minimum absolute atomic E-state index is 0.265. The minimum Gasteiger partial charge on any atom is -0.322 e. The molecule has 0 atom stereocenters. The van der Waals surface area contributed by atoms with E-state index in [1.54, 1.807) is 0 Å². The Morgan fingerprint density at radius 3 is 1.94 bits per heavy atom. The second-order valence-corrected chi connectivity index (χ2v) is 12.7. The first-order valence-electron chi connectivity index (χ1n) is 16.7. The topological polar surface area (TPSA) is 15.6 Å². The molecule has 2 aliphatic heterocycles. The lowest BCUT2D eigenvalue weighted by molar-refractivity contribution is 0.685. The van der Waals surface area contributed by atoms with Gasteiger partial charge in [-0.15, -0.1) is 0 Å². The van der Waals surface area contributed by atoms with Crippen LogP contribution in [0.4, 0.5) is 5.69 Å². The zero-order valence-electron chi connectivity index (χ0n) is 26.8. The van der Waals surface area contributed by atoms with Crippen molar-refractivity contribution in [2.75, 3.05) is 18.0 Å². The molecule has 1 aliphatic carbocycles. The molecule has 0 fully saturated rings. The quantitative estimate of drug-likeness (QED) is 0.194. The molecule has 228 valence electrons. The van der Waals surface area contributed by atoms with E-state index in [1.165, 1.54) is 61.4 Å². The fourth-order valence-corrected chi connectivity index (χ4v) is 7.58. The molecule has 8 rings (SSSR count). The highest BCUT2D eigenvalue weighted by Crippen LogP contribution is 2.46. The first kappa shape index (κ1) is 29.0. The maximum atomic E-state index is 5.18. The van der Waals surface area contributed by atoms with E-state index in [0.717, 1.165) is 25.2 Å². The molecule has 5 aromatic carbocycles. The van der Waals surface area contributed by atoms with E-state index in [2.05, 4.69) is 176 Å². The Morgan fingerprint density at radius 1 is 0.596 bits per heavy atom. The predicted octanol–water partition coefficient (Wildman–Crippen LogP) is 10.7. The summed E-state index contributed by atoms with van der Waals surface area (Å²) in [5.41, 5.74) is 13.8. The Morgan fingerprint density at radius 2 is 1.21 bits per heavy atom. The second kappa shape index (κ2) is 12.4. The van der Waals surface area contributed by atoms with Gasteiger partial charge in [0.15, 0.2) is 0 Å². The molecule has 0 bridgehead atoms. The van der Waals surface area contributed by atoms with Crippen LogP contribution in [0.2, 0.25) is 0 Å². The molecule has 3 aliphatic rings. The van der Waals surface area contributed by atoms with Crippen molar-refractivity contribution in [2.45, 2.75) is 25.2 Å². The zero-order valence-corrected chi connectivity index (χ0v) is 26.8. The summed E-state index contributed by atoms with van der Waals surface area (Å²) >= 11 is 0. The van der Waals surface area contributed by atoms with Crippen LogP contribution in [-0.4, -0.2) is 18.9 Å². The van der Waals surface area contributed by atoms with Crippen molar-refractivity contribution < 1.29 is 0 Å². The third-order valence-corrected chi connectivity index (χ3v) is 10.0. The number of rotatable bonds is 5. The first-order chi connectivity index (χ1) is 23.2. The molecule has 0 saturated heterocycles.